The number of rotatable bonds is 4. The molecule has 0 saturated carbocycles. The number of nitrogens with zero attached hydrogens (tertiary/aromatic N) is 4. The van der Waals surface area contributed by atoms with E-state index >= 15 is 0 Å². The molecule has 0 atom stereocenters. The number of imidazole rings is 1. The number of fused-ring (bicyclic) bond motifs is 1. The molecule has 2 heterocycles. The van der Waals surface area contributed by atoms with Gasteiger partial charge >= 0.3 is 0 Å². The Hall–Kier alpha value is -3.02. The standard InChI is InChI=1S/C20H23N5O/c1-13(2)19(26)24-14-6-7-16-17(8-14)25(12-22-16)18-11-21-10-15(23-18)9-20(3,4)5/h6-8,10-12H,1,9H2,2-5H3,(H,24,26). The summed E-state index contributed by atoms with van der Waals surface area (Å²) in [6.07, 6.45) is 6.07. The van der Waals surface area contributed by atoms with Gasteiger partial charge in [0.05, 0.1) is 22.9 Å². The van der Waals surface area contributed by atoms with Gasteiger partial charge in [-0.1, -0.05) is 27.4 Å². The second-order valence-corrected chi connectivity index (χ2v) is 7.66. The maximum absolute atomic E-state index is 11.9. The van der Waals surface area contributed by atoms with Crippen LogP contribution in [0.1, 0.15) is 33.4 Å². The first-order valence-corrected chi connectivity index (χ1v) is 8.48. The molecule has 6 heteroatoms. The fraction of sp³-hybridized carbons (Fsp3) is 0.300. The molecule has 3 rings (SSSR count). The van der Waals surface area contributed by atoms with E-state index in [-0.39, 0.29) is 11.3 Å². The molecule has 26 heavy (non-hydrogen) atoms. The van der Waals surface area contributed by atoms with E-state index in [1.165, 1.54) is 0 Å². The largest absolute Gasteiger partial charge is 0.322 e. The molecule has 0 radical (unpaired) electrons. The van der Waals surface area contributed by atoms with Gasteiger partial charge in [0.25, 0.3) is 5.91 Å². The van der Waals surface area contributed by atoms with Gasteiger partial charge in [0.15, 0.2) is 5.82 Å². The highest BCUT2D eigenvalue weighted by Gasteiger charge is 2.14. The van der Waals surface area contributed by atoms with E-state index in [2.05, 4.69) is 42.6 Å². The molecule has 1 aromatic carbocycles. The van der Waals surface area contributed by atoms with E-state index < -0.39 is 0 Å². The Kier molecular flexibility index (Phi) is 4.59. The van der Waals surface area contributed by atoms with E-state index in [9.17, 15) is 4.79 Å². The summed E-state index contributed by atoms with van der Waals surface area (Å²) in [4.78, 5) is 25.3. The summed E-state index contributed by atoms with van der Waals surface area (Å²) < 4.78 is 1.88. The van der Waals surface area contributed by atoms with Crippen LogP contribution in [0.5, 0.6) is 0 Å². The third-order valence-electron chi connectivity index (χ3n) is 3.82. The number of nitrogens with one attached hydrogen (secondary N) is 1. The van der Waals surface area contributed by atoms with Crippen LogP contribution in [0.15, 0.2) is 49.1 Å². The van der Waals surface area contributed by atoms with Crippen LogP contribution in [-0.4, -0.2) is 25.4 Å². The minimum atomic E-state index is -0.206. The molecule has 1 N–H and O–H groups in total. The van der Waals surface area contributed by atoms with E-state index in [0.29, 0.717) is 17.1 Å². The number of amides is 1. The number of anilines is 1. The quantitative estimate of drug-likeness (QED) is 0.725. The fourth-order valence-electron chi connectivity index (χ4n) is 2.65. The van der Waals surface area contributed by atoms with Crippen molar-refractivity contribution in [1.82, 2.24) is 19.5 Å². The fourth-order valence-corrected chi connectivity index (χ4v) is 2.65. The normalized spacial score (nSPS) is 11.5. The van der Waals surface area contributed by atoms with Gasteiger partial charge in [-0.15, -0.1) is 0 Å². The molecule has 2 aromatic heterocycles. The molecule has 1 amide bonds. The number of aromatic nitrogens is 4. The van der Waals surface area contributed by atoms with Gasteiger partial charge in [-0.2, -0.15) is 0 Å². The van der Waals surface area contributed by atoms with E-state index in [4.69, 9.17) is 4.98 Å². The molecule has 134 valence electrons. The molecule has 3 aromatic rings. The number of carbonyl (C=O) groups excluding carboxylic acids is 1. The van der Waals surface area contributed by atoms with Gasteiger partial charge in [-0.3, -0.25) is 14.3 Å². The highest BCUT2D eigenvalue weighted by atomic mass is 16.1. The Balaban J connectivity index is 1.99. The predicted octanol–water partition coefficient (Wildman–Crippen LogP) is 3.92. The third-order valence-corrected chi connectivity index (χ3v) is 3.82. The first-order chi connectivity index (χ1) is 12.2. The van der Waals surface area contributed by atoms with Gasteiger partial charge in [0.1, 0.15) is 6.33 Å². The van der Waals surface area contributed by atoms with E-state index in [0.717, 1.165) is 23.1 Å². The predicted molar refractivity (Wildman–Crippen MR) is 103 cm³/mol. The third kappa shape index (κ3) is 3.96. The molecule has 0 aliphatic carbocycles. The van der Waals surface area contributed by atoms with Crippen LogP contribution in [0, 0.1) is 5.41 Å². The lowest BCUT2D eigenvalue weighted by atomic mass is 9.91. The highest BCUT2D eigenvalue weighted by molar-refractivity contribution is 6.03. The van der Waals surface area contributed by atoms with Crippen molar-refractivity contribution in [2.45, 2.75) is 34.1 Å². The summed E-state index contributed by atoms with van der Waals surface area (Å²) in [5.74, 6) is 0.500. The monoisotopic (exact) mass is 349 g/mol. The van der Waals surface area contributed by atoms with Crippen molar-refractivity contribution in [1.29, 1.82) is 0 Å². The average Bonchev–Trinajstić information content (AvgIpc) is 2.96. The summed E-state index contributed by atoms with van der Waals surface area (Å²) in [6, 6.07) is 5.57. The zero-order valence-corrected chi connectivity index (χ0v) is 15.6. The summed E-state index contributed by atoms with van der Waals surface area (Å²) in [6.45, 7) is 11.8. The second-order valence-electron chi connectivity index (χ2n) is 7.66. The van der Waals surface area contributed by atoms with Crippen LogP contribution in [-0.2, 0) is 11.2 Å². The number of benzene rings is 1. The van der Waals surface area contributed by atoms with Crippen molar-refractivity contribution < 1.29 is 4.79 Å². The lowest BCUT2D eigenvalue weighted by molar-refractivity contribution is -0.112. The topological polar surface area (TPSA) is 72.7 Å². The Morgan fingerprint density at radius 1 is 1.27 bits per heavy atom. The Morgan fingerprint density at radius 2 is 2.04 bits per heavy atom. The molecule has 0 unspecified atom stereocenters. The van der Waals surface area contributed by atoms with E-state index in [1.54, 1.807) is 25.6 Å². The van der Waals surface area contributed by atoms with E-state index in [1.807, 2.05) is 22.8 Å². The van der Waals surface area contributed by atoms with Gasteiger partial charge < -0.3 is 5.32 Å². The lowest BCUT2D eigenvalue weighted by Crippen LogP contribution is -2.12. The van der Waals surface area contributed by atoms with Crippen molar-refractivity contribution in [2.75, 3.05) is 5.32 Å². The number of hydrogen-bond acceptors (Lipinski definition) is 4. The summed E-state index contributed by atoms with van der Waals surface area (Å²) in [7, 11) is 0. The molecule has 0 saturated heterocycles. The van der Waals surface area contributed by atoms with Crippen LogP contribution in [0.4, 0.5) is 5.69 Å². The zero-order valence-electron chi connectivity index (χ0n) is 15.6. The molecule has 6 nitrogen and oxygen atoms in total. The van der Waals surface area contributed by atoms with Crippen molar-refractivity contribution in [3.05, 3.63) is 54.8 Å². The minimum absolute atomic E-state index is 0.129. The first kappa shape index (κ1) is 17.8. The molecule has 0 aliphatic heterocycles. The van der Waals surface area contributed by atoms with Crippen molar-refractivity contribution in [3.8, 4) is 5.82 Å². The van der Waals surface area contributed by atoms with Crippen LogP contribution in [0.3, 0.4) is 0 Å². The Bertz CT molecular complexity index is 981. The number of hydrogen-bond donors (Lipinski definition) is 1. The van der Waals surface area contributed by atoms with Crippen molar-refractivity contribution in [2.24, 2.45) is 5.41 Å². The molecule has 0 fully saturated rings. The van der Waals surface area contributed by atoms with Crippen LogP contribution in [0.25, 0.3) is 16.9 Å². The number of carbonyl (C=O) groups is 1. The maximum Gasteiger partial charge on any atom is 0.250 e. The average molecular weight is 349 g/mol. The Labute approximate surface area is 153 Å². The van der Waals surface area contributed by atoms with Crippen LogP contribution < -0.4 is 5.32 Å². The highest BCUT2D eigenvalue weighted by Crippen LogP contribution is 2.23. The smallest absolute Gasteiger partial charge is 0.250 e. The molecule has 0 bridgehead atoms. The van der Waals surface area contributed by atoms with Gasteiger partial charge in [-0.25, -0.2) is 9.97 Å². The molecule has 0 aliphatic rings. The molecule has 0 spiro atoms. The van der Waals surface area contributed by atoms with Crippen LogP contribution in [0.2, 0.25) is 0 Å². The van der Waals surface area contributed by atoms with Gasteiger partial charge in [0, 0.05) is 17.5 Å². The zero-order chi connectivity index (χ0) is 18.9. The van der Waals surface area contributed by atoms with Crippen LogP contribution >= 0.6 is 0 Å². The maximum atomic E-state index is 11.9. The first-order valence-electron chi connectivity index (χ1n) is 8.48. The Morgan fingerprint density at radius 3 is 2.73 bits per heavy atom. The van der Waals surface area contributed by atoms with Gasteiger partial charge in [0.2, 0.25) is 0 Å². The second kappa shape index (κ2) is 6.71. The molecular formula is C20H23N5O. The minimum Gasteiger partial charge on any atom is -0.322 e. The van der Waals surface area contributed by atoms with Crippen molar-refractivity contribution >= 4 is 22.6 Å². The van der Waals surface area contributed by atoms with Gasteiger partial charge in [-0.05, 0) is 37.0 Å². The summed E-state index contributed by atoms with van der Waals surface area (Å²) in [5, 5.41) is 2.83. The lowest BCUT2D eigenvalue weighted by Gasteiger charge is -2.17. The van der Waals surface area contributed by atoms with Crippen molar-refractivity contribution in [3.63, 3.8) is 0 Å². The SMILES string of the molecule is C=C(C)C(=O)Nc1ccc2ncn(-c3cncc(CC(C)(C)C)n3)c2c1. The molecular weight excluding hydrogens is 326 g/mol. The summed E-state index contributed by atoms with van der Waals surface area (Å²) in [5.41, 5.74) is 3.88. The summed E-state index contributed by atoms with van der Waals surface area (Å²) >= 11 is 0.